The fourth-order valence-corrected chi connectivity index (χ4v) is 8.09. The first-order valence-corrected chi connectivity index (χ1v) is 9.79. The molecular weight excluding hydrogens is 304 g/mol. The summed E-state index contributed by atoms with van der Waals surface area (Å²) in [5.74, 6) is 0.556. The largest absolute Gasteiger partial charge is 0.396 e. The van der Waals surface area contributed by atoms with Crippen molar-refractivity contribution in [3.8, 4) is 0 Å². The molecule has 0 aromatic carbocycles. The van der Waals surface area contributed by atoms with Gasteiger partial charge in [-0.1, -0.05) is 13.8 Å². The Morgan fingerprint density at radius 1 is 0.917 bits per heavy atom. The van der Waals surface area contributed by atoms with E-state index in [1.54, 1.807) is 0 Å². The molecule has 1 unspecified atom stereocenters. The van der Waals surface area contributed by atoms with Crippen LogP contribution in [0.15, 0.2) is 0 Å². The third-order valence-electron chi connectivity index (χ3n) is 9.23. The molecule has 0 amide bonds. The molecule has 4 aliphatic rings. The van der Waals surface area contributed by atoms with Crippen LogP contribution < -0.4 is 0 Å². The first-order chi connectivity index (χ1) is 11.1. The smallest absolute Gasteiger partial charge is 0.0673 e. The van der Waals surface area contributed by atoms with E-state index >= 15 is 0 Å². The second-order valence-corrected chi connectivity index (χ2v) is 10.3. The Kier molecular flexibility index (Phi) is 3.57. The van der Waals surface area contributed by atoms with Gasteiger partial charge in [-0.2, -0.15) is 0 Å². The van der Waals surface area contributed by atoms with Gasteiger partial charge in [0.1, 0.15) is 0 Å². The van der Waals surface area contributed by atoms with Gasteiger partial charge in [0.05, 0.1) is 17.8 Å². The minimum atomic E-state index is -0.776. The van der Waals surface area contributed by atoms with Gasteiger partial charge < -0.3 is 20.4 Å². The van der Waals surface area contributed by atoms with Crippen LogP contribution in [0.4, 0.5) is 0 Å². The lowest BCUT2D eigenvalue weighted by molar-refractivity contribution is -0.206. The zero-order valence-electron chi connectivity index (χ0n) is 15.3. The fourth-order valence-electron chi connectivity index (χ4n) is 8.09. The van der Waals surface area contributed by atoms with Crippen molar-refractivity contribution in [2.75, 3.05) is 6.61 Å². The Bertz CT molecular complexity index is 534. The first-order valence-electron chi connectivity index (χ1n) is 9.79. The highest BCUT2D eigenvalue weighted by molar-refractivity contribution is 5.21. The summed E-state index contributed by atoms with van der Waals surface area (Å²) in [5.41, 5.74) is -1.09. The van der Waals surface area contributed by atoms with Crippen molar-refractivity contribution >= 4 is 0 Å². The van der Waals surface area contributed by atoms with Crippen molar-refractivity contribution in [3.05, 3.63) is 0 Å². The highest BCUT2D eigenvalue weighted by Gasteiger charge is 2.72. The molecule has 138 valence electrons. The molecule has 0 aromatic rings. The van der Waals surface area contributed by atoms with E-state index in [9.17, 15) is 20.4 Å². The number of fused-ring (bicyclic) bond motifs is 2. The third kappa shape index (κ3) is 1.89. The van der Waals surface area contributed by atoms with Crippen molar-refractivity contribution in [2.24, 2.45) is 34.0 Å². The Balaban J connectivity index is 1.81. The fraction of sp³-hybridized carbons (Fsp3) is 1.00. The van der Waals surface area contributed by atoms with Gasteiger partial charge in [0.15, 0.2) is 0 Å². The first kappa shape index (κ1) is 17.3. The summed E-state index contributed by atoms with van der Waals surface area (Å²) >= 11 is 0. The monoisotopic (exact) mass is 338 g/mol. The van der Waals surface area contributed by atoms with E-state index < -0.39 is 11.7 Å². The van der Waals surface area contributed by atoms with Gasteiger partial charge in [-0.25, -0.2) is 0 Å². The molecule has 0 saturated heterocycles. The van der Waals surface area contributed by atoms with E-state index in [0.29, 0.717) is 12.3 Å². The van der Waals surface area contributed by atoms with E-state index in [-0.39, 0.29) is 40.8 Å². The maximum absolute atomic E-state index is 11.0. The molecule has 0 aliphatic heterocycles. The summed E-state index contributed by atoms with van der Waals surface area (Å²) < 4.78 is 0. The van der Waals surface area contributed by atoms with Crippen molar-refractivity contribution < 1.29 is 20.4 Å². The topological polar surface area (TPSA) is 80.9 Å². The summed E-state index contributed by atoms with van der Waals surface area (Å²) in [4.78, 5) is 0. The highest BCUT2D eigenvalue weighted by atomic mass is 16.3. The Hall–Kier alpha value is -0.160. The number of rotatable bonds is 1. The second-order valence-electron chi connectivity index (χ2n) is 10.3. The molecule has 4 fully saturated rings. The number of hydrogen-bond donors (Lipinski definition) is 4. The minimum absolute atomic E-state index is 0.0000694. The summed E-state index contributed by atoms with van der Waals surface area (Å²) in [6.45, 7) is 6.46. The third-order valence-corrected chi connectivity index (χ3v) is 9.23. The van der Waals surface area contributed by atoms with Gasteiger partial charge >= 0.3 is 0 Å². The van der Waals surface area contributed by atoms with Crippen LogP contribution in [0.5, 0.6) is 0 Å². The van der Waals surface area contributed by atoms with Crippen LogP contribution in [0.2, 0.25) is 0 Å². The molecular formula is C20H34O4. The Morgan fingerprint density at radius 3 is 2.29 bits per heavy atom. The SMILES string of the molecule is C[C@]1(CO)C[C@H](O)C[C@@]2(C)[C@H]1CC[C@@H]1C(O)[C@@H]3C[C@]12CC[C@]3(C)O. The molecule has 0 aromatic heterocycles. The van der Waals surface area contributed by atoms with Crippen LogP contribution in [-0.4, -0.2) is 44.8 Å². The van der Waals surface area contributed by atoms with Gasteiger partial charge in [-0.3, -0.25) is 0 Å². The van der Waals surface area contributed by atoms with E-state index in [0.717, 1.165) is 38.5 Å². The molecule has 0 heterocycles. The average Bonchev–Trinajstić information content (AvgIpc) is 2.76. The quantitative estimate of drug-likeness (QED) is 0.590. The Morgan fingerprint density at radius 2 is 1.62 bits per heavy atom. The number of hydrogen-bond acceptors (Lipinski definition) is 4. The normalized spacial score (nSPS) is 62.9. The molecule has 2 bridgehead atoms. The van der Waals surface area contributed by atoms with Crippen LogP contribution >= 0.6 is 0 Å². The van der Waals surface area contributed by atoms with Crippen molar-refractivity contribution in [1.29, 1.82) is 0 Å². The van der Waals surface area contributed by atoms with Crippen LogP contribution in [0.25, 0.3) is 0 Å². The van der Waals surface area contributed by atoms with Crippen LogP contribution in [0, 0.1) is 34.0 Å². The Labute approximate surface area is 145 Å². The summed E-state index contributed by atoms with van der Waals surface area (Å²) in [6, 6.07) is 0. The van der Waals surface area contributed by atoms with E-state index in [1.165, 1.54) is 0 Å². The van der Waals surface area contributed by atoms with Crippen LogP contribution in [0.3, 0.4) is 0 Å². The lowest BCUT2D eigenvalue weighted by Crippen LogP contribution is -2.62. The molecule has 4 nitrogen and oxygen atoms in total. The van der Waals surface area contributed by atoms with Gasteiger partial charge in [0.25, 0.3) is 0 Å². The van der Waals surface area contributed by atoms with E-state index in [1.807, 2.05) is 6.92 Å². The van der Waals surface area contributed by atoms with Gasteiger partial charge in [-0.15, -0.1) is 0 Å². The van der Waals surface area contributed by atoms with E-state index in [4.69, 9.17) is 0 Å². The lowest BCUT2D eigenvalue weighted by atomic mass is 9.39. The molecule has 24 heavy (non-hydrogen) atoms. The number of aliphatic hydroxyl groups is 4. The molecule has 1 spiro atoms. The van der Waals surface area contributed by atoms with Gasteiger partial charge in [0, 0.05) is 12.5 Å². The standard InChI is InChI=1S/C20H34O4/c1-17(11-21)8-12(22)9-18(2)15(17)5-4-13-16(23)14-10-20(13,18)7-6-19(14,3)24/h12-16,21-24H,4-11H2,1-3H3/t12-,13+,14-,15-,16?,17+,18-,19-,20+/m0/s1. The molecule has 9 atom stereocenters. The predicted molar refractivity (Wildman–Crippen MR) is 91.2 cm³/mol. The lowest BCUT2D eigenvalue weighted by Gasteiger charge is -2.66. The summed E-state index contributed by atoms with van der Waals surface area (Å²) in [5, 5.41) is 42.6. The molecule has 4 N–H and O–H groups in total. The van der Waals surface area contributed by atoms with Crippen molar-refractivity contribution in [3.63, 3.8) is 0 Å². The zero-order valence-corrected chi connectivity index (χ0v) is 15.3. The second kappa shape index (κ2) is 4.97. The van der Waals surface area contributed by atoms with Crippen molar-refractivity contribution in [2.45, 2.75) is 83.5 Å². The van der Waals surface area contributed by atoms with Gasteiger partial charge in [0.2, 0.25) is 0 Å². The molecule has 4 rings (SSSR count). The molecule has 0 radical (unpaired) electrons. The van der Waals surface area contributed by atoms with Gasteiger partial charge in [-0.05, 0) is 80.0 Å². The molecule has 4 saturated carbocycles. The van der Waals surface area contributed by atoms with Crippen LogP contribution in [0.1, 0.15) is 65.7 Å². The maximum Gasteiger partial charge on any atom is 0.0673 e. The van der Waals surface area contributed by atoms with Crippen molar-refractivity contribution in [1.82, 2.24) is 0 Å². The zero-order chi connectivity index (χ0) is 17.5. The molecule has 4 aliphatic carbocycles. The van der Waals surface area contributed by atoms with Crippen LogP contribution in [-0.2, 0) is 0 Å². The maximum atomic E-state index is 11.0. The molecule has 4 heteroatoms. The predicted octanol–water partition coefficient (Wildman–Crippen LogP) is 2.08. The minimum Gasteiger partial charge on any atom is -0.396 e. The summed E-state index contributed by atoms with van der Waals surface area (Å²) in [7, 11) is 0. The average molecular weight is 338 g/mol. The highest BCUT2D eigenvalue weighted by Crippen LogP contribution is 2.75. The summed E-state index contributed by atoms with van der Waals surface area (Å²) in [6.07, 6.45) is 5.17. The van der Waals surface area contributed by atoms with E-state index in [2.05, 4.69) is 13.8 Å². The number of aliphatic hydroxyl groups excluding tert-OH is 3.